The summed E-state index contributed by atoms with van der Waals surface area (Å²) in [5.41, 5.74) is 2.00. The van der Waals surface area contributed by atoms with Crippen LogP contribution in [0.5, 0.6) is 0 Å². The number of aromatic nitrogens is 3. The Balaban J connectivity index is 1.24. The van der Waals surface area contributed by atoms with E-state index in [4.69, 9.17) is 4.52 Å². The van der Waals surface area contributed by atoms with Crippen LogP contribution in [-0.2, 0) is 14.4 Å². The van der Waals surface area contributed by atoms with Gasteiger partial charge in [-0.1, -0.05) is 31.1 Å². The molecule has 0 saturated carbocycles. The first-order chi connectivity index (χ1) is 19.8. The maximum atomic E-state index is 13.9. The summed E-state index contributed by atoms with van der Waals surface area (Å²) in [4.78, 5) is 46.6. The number of nitrogens with zero attached hydrogens (tertiary/aromatic N) is 5. The predicted molar refractivity (Wildman–Crippen MR) is 155 cm³/mol. The Morgan fingerprint density at radius 2 is 1.80 bits per heavy atom. The second-order valence-corrected chi connectivity index (χ2v) is 11.6. The summed E-state index contributed by atoms with van der Waals surface area (Å²) in [6.07, 6.45) is 7.69. The van der Waals surface area contributed by atoms with Gasteiger partial charge in [0, 0.05) is 49.7 Å². The Labute approximate surface area is 241 Å². The Bertz CT molecular complexity index is 1350. The molecule has 1 N–H and O–H groups in total. The summed E-state index contributed by atoms with van der Waals surface area (Å²) < 4.78 is 7.73. The Morgan fingerprint density at radius 1 is 1.07 bits per heavy atom. The number of nitrogens with one attached hydrogen (secondary N) is 1. The fourth-order valence-electron chi connectivity index (χ4n) is 6.02. The second-order valence-electron chi connectivity index (χ2n) is 11.6. The van der Waals surface area contributed by atoms with Crippen molar-refractivity contribution in [2.24, 2.45) is 11.8 Å². The number of hydrogen-bond acceptors (Lipinski definition) is 7. The molecule has 3 aromatic rings. The first-order valence-electron chi connectivity index (χ1n) is 14.6. The molecule has 4 heterocycles. The van der Waals surface area contributed by atoms with Crippen molar-refractivity contribution in [1.82, 2.24) is 24.9 Å². The van der Waals surface area contributed by atoms with E-state index in [-0.39, 0.29) is 29.7 Å². The van der Waals surface area contributed by atoms with Crippen molar-refractivity contribution < 1.29 is 18.9 Å². The van der Waals surface area contributed by atoms with Crippen LogP contribution in [0.15, 0.2) is 47.2 Å². The van der Waals surface area contributed by atoms with E-state index in [9.17, 15) is 14.4 Å². The number of piperidine rings is 1. The van der Waals surface area contributed by atoms with Crippen molar-refractivity contribution in [1.29, 1.82) is 0 Å². The van der Waals surface area contributed by atoms with E-state index < -0.39 is 12.0 Å². The number of likely N-dealkylation sites (tertiary alicyclic amines) is 1. The first kappa shape index (κ1) is 28.6. The van der Waals surface area contributed by atoms with Crippen LogP contribution in [0, 0.1) is 18.8 Å². The lowest BCUT2D eigenvalue weighted by atomic mass is 9.91. The van der Waals surface area contributed by atoms with Gasteiger partial charge in [-0.25, -0.2) is 4.98 Å². The van der Waals surface area contributed by atoms with Crippen molar-refractivity contribution in [3.05, 3.63) is 59.9 Å². The summed E-state index contributed by atoms with van der Waals surface area (Å²) in [6.45, 7) is 9.89. The van der Waals surface area contributed by atoms with Gasteiger partial charge in [0.15, 0.2) is 11.6 Å². The van der Waals surface area contributed by atoms with E-state index in [0.717, 1.165) is 55.7 Å². The maximum Gasteiger partial charge on any atom is 0.243 e. The third-order valence-electron chi connectivity index (χ3n) is 8.51. The van der Waals surface area contributed by atoms with Gasteiger partial charge in [0.1, 0.15) is 24.1 Å². The molecule has 10 heteroatoms. The molecular weight excluding hydrogens is 520 g/mol. The third-order valence-corrected chi connectivity index (χ3v) is 8.51. The third kappa shape index (κ3) is 6.06. The van der Waals surface area contributed by atoms with Gasteiger partial charge in [-0.2, -0.15) is 0 Å². The first-order valence-corrected chi connectivity index (χ1v) is 14.6. The highest BCUT2D eigenvalue weighted by atomic mass is 16.5. The minimum atomic E-state index is -0.534. The zero-order chi connectivity index (χ0) is 29.1. The molecule has 41 heavy (non-hydrogen) atoms. The average molecular weight is 561 g/mol. The van der Waals surface area contributed by atoms with Crippen molar-refractivity contribution in [3.8, 4) is 5.69 Å². The smallest absolute Gasteiger partial charge is 0.243 e. The standard InChI is InChI=1S/C31H40N6O4/c1-20(2)29(27-18-28(34-41-27)35-15-11-23(19-38)12-16-35)31(40)37-14-5-6-26(37)30(39)33-21(3)24-7-9-25(10-8-24)36-17-13-32-22(36)4/h7-10,13,17-21,23,26,29H,5-6,11-12,14-16H2,1-4H3,(H,33,39)/t21-,26-,29?/m0/s1. The lowest BCUT2D eigenvalue weighted by Gasteiger charge is -2.30. The van der Waals surface area contributed by atoms with Gasteiger partial charge < -0.3 is 29.0 Å². The number of aryl methyl sites for hydroxylation is 1. The summed E-state index contributed by atoms with van der Waals surface area (Å²) >= 11 is 0. The van der Waals surface area contributed by atoms with Gasteiger partial charge in [0.05, 0.1) is 6.04 Å². The number of imidazole rings is 1. The number of carbonyl (C=O) groups excluding carboxylic acids is 3. The zero-order valence-electron chi connectivity index (χ0n) is 24.3. The van der Waals surface area contributed by atoms with E-state index in [0.29, 0.717) is 24.5 Å². The number of anilines is 1. The molecule has 0 bridgehead atoms. The van der Waals surface area contributed by atoms with E-state index in [1.807, 2.05) is 68.8 Å². The van der Waals surface area contributed by atoms with Crippen LogP contribution >= 0.6 is 0 Å². The lowest BCUT2D eigenvalue weighted by Crippen LogP contribution is -2.48. The molecule has 5 rings (SSSR count). The highest BCUT2D eigenvalue weighted by Gasteiger charge is 2.40. The number of carbonyl (C=O) groups is 3. The Morgan fingerprint density at radius 3 is 2.44 bits per heavy atom. The molecule has 1 unspecified atom stereocenters. The van der Waals surface area contributed by atoms with Crippen molar-refractivity contribution in [2.45, 2.75) is 71.4 Å². The molecule has 218 valence electrons. The molecule has 0 spiro atoms. The van der Waals surface area contributed by atoms with E-state index >= 15 is 0 Å². The molecule has 2 aromatic heterocycles. The van der Waals surface area contributed by atoms with Crippen molar-refractivity contribution in [3.63, 3.8) is 0 Å². The predicted octanol–water partition coefficient (Wildman–Crippen LogP) is 4.19. The van der Waals surface area contributed by atoms with Crippen LogP contribution in [0.3, 0.4) is 0 Å². The summed E-state index contributed by atoms with van der Waals surface area (Å²) in [5.74, 6) is 1.40. The van der Waals surface area contributed by atoms with Gasteiger partial charge in [-0.05, 0) is 63.1 Å². The number of benzene rings is 1. The Kier molecular flexibility index (Phi) is 8.56. The topological polar surface area (TPSA) is 114 Å². The molecule has 10 nitrogen and oxygen atoms in total. The number of rotatable bonds is 9. The SMILES string of the molecule is Cc1nccn1-c1ccc([C@H](C)NC(=O)[C@@H]2CCCN2C(=O)C(c2cc(N3CCC(C=O)CC3)no2)C(C)C)cc1. The van der Waals surface area contributed by atoms with Crippen LogP contribution in [0.1, 0.15) is 75.6 Å². The second kappa shape index (κ2) is 12.3. The summed E-state index contributed by atoms with van der Waals surface area (Å²) in [6, 6.07) is 9.17. The van der Waals surface area contributed by atoms with Crippen LogP contribution in [0.2, 0.25) is 0 Å². The number of amides is 2. The van der Waals surface area contributed by atoms with E-state index in [1.54, 1.807) is 11.1 Å². The van der Waals surface area contributed by atoms with Crippen LogP contribution < -0.4 is 10.2 Å². The van der Waals surface area contributed by atoms with Crippen LogP contribution in [0.25, 0.3) is 5.69 Å². The van der Waals surface area contributed by atoms with Gasteiger partial charge in [0.2, 0.25) is 11.8 Å². The van der Waals surface area contributed by atoms with Crippen LogP contribution in [-0.4, -0.2) is 63.4 Å². The van der Waals surface area contributed by atoms with E-state index in [1.165, 1.54) is 0 Å². The molecule has 2 saturated heterocycles. The zero-order valence-corrected chi connectivity index (χ0v) is 24.3. The fraction of sp³-hybridized carbons (Fsp3) is 0.516. The van der Waals surface area contributed by atoms with Crippen molar-refractivity contribution in [2.75, 3.05) is 24.5 Å². The fourth-order valence-corrected chi connectivity index (χ4v) is 6.02. The highest BCUT2D eigenvalue weighted by molar-refractivity contribution is 5.91. The van der Waals surface area contributed by atoms with Gasteiger partial charge >= 0.3 is 0 Å². The molecule has 2 amide bonds. The van der Waals surface area contributed by atoms with Crippen molar-refractivity contribution >= 4 is 23.9 Å². The lowest BCUT2D eigenvalue weighted by molar-refractivity contribution is -0.141. The number of aldehydes is 1. The Hall–Kier alpha value is -3.95. The molecule has 0 aliphatic carbocycles. The van der Waals surface area contributed by atoms with Gasteiger partial charge in [0.25, 0.3) is 0 Å². The summed E-state index contributed by atoms with van der Waals surface area (Å²) in [7, 11) is 0. The molecule has 2 fully saturated rings. The molecule has 0 radical (unpaired) electrons. The van der Waals surface area contributed by atoms with Crippen LogP contribution in [0.4, 0.5) is 5.82 Å². The monoisotopic (exact) mass is 560 g/mol. The minimum Gasteiger partial charge on any atom is -0.358 e. The average Bonchev–Trinajstić information content (AvgIpc) is 3.74. The molecular formula is C31H40N6O4. The minimum absolute atomic E-state index is 0.0371. The van der Waals surface area contributed by atoms with E-state index in [2.05, 4.69) is 20.4 Å². The maximum absolute atomic E-state index is 13.9. The molecule has 2 aliphatic rings. The van der Waals surface area contributed by atoms with Gasteiger partial charge in [-0.3, -0.25) is 9.59 Å². The molecule has 1 aromatic carbocycles. The summed E-state index contributed by atoms with van der Waals surface area (Å²) in [5, 5.41) is 7.40. The number of hydrogen-bond donors (Lipinski definition) is 1. The normalized spacial score (nSPS) is 19.4. The molecule has 2 aliphatic heterocycles. The highest BCUT2D eigenvalue weighted by Crippen LogP contribution is 2.33. The largest absolute Gasteiger partial charge is 0.358 e. The van der Waals surface area contributed by atoms with Gasteiger partial charge in [-0.15, -0.1) is 0 Å². The molecule has 3 atom stereocenters. The quantitative estimate of drug-likeness (QED) is 0.391.